The van der Waals surface area contributed by atoms with Gasteiger partial charge in [-0.25, -0.2) is 4.98 Å². The van der Waals surface area contributed by atoms with E-state index in [-0.39, 0.29) is 5.91 Å². The van der Waals surface area contributed by atoms with Crippen molar-refractivity contribution in [2.75, 3.05) is 24.5 Å². The number of piperidine rings is 1. The van der Waals surface area contributed by atoms with Gasteiger partial charge in [0.2, 0.25) is 0 Å². The summed E-state index contributed by atoms with van der Waals surface area (Å²) in [6.45, 7) is 3.42. The molecule has 0 spiro atoms. The van der Waals surface area contributed by atoms with Crippen molar-refractivity contribution in [3.63, 3.8) is 0 Å². The van der Waals surface area contributed by atoms with Crippen LogP contribution in [0.5, 0.6) is 0 Å². The second-order valence-corrected chi connectivity index (χ2v) is 8.18. The SMILES string of the molecule is O=C(NCC1CC1)c1cccc(N2CCC(NCc3ccccc3Cl)CC2)n1. The average Bonchev–Trinajstić information content (AvgIpc) is 3.56. The van der Waals surface area contributed by atoms with Gasteiger partial charge in [0.15, 0.2) is 0 Å². The second-order valence-electron chi connectivity index (χ2n) is 7.77. The van der Waals surface area contributed by atoms with Gasteiger partial charge in [-0.1, -0.05) is 35.9 Å². The van der Waals surface area contributed by atoms with Crippen molar-refractivity contribution in [3.05, 3.63) is 58.7 Å². The van der Waals surface area contributed by atoms with Crippen LogP contribution >= 0.6 is 11.6 Å². The number of nitrogens with one attached hydrogen (secondary N) is 2. The van der Waals surface area contributed by atoms with Gasteiger partial charge in [0, 0.05) is 37.2 Å². The summed E-state index contributed by atoms with van der Waals surface area (Å²) < 4.78 is 0. The van der Waals surface area contributed by atoms with Crippen LogP contribution in [0.3, 0.4) is 0 Å². The molecule has 1 aliphatic carbocycles. The van der Waals surface area contributed by atoms with Crippen LogP contribution in [0.2, 0.25) is 5.02 Å². The van der Waals surface area contributed by atoms with Gasteiger partial charge in [0.1, 0.15) is 11.5 Å². The number of pyridine rings is 1. The number of hydrogen-bond acceptors (Lipinski definition) is 4. The lowest BCUT2D eigenvalue weighted by molar-refractivity contribution is 0.0947. The Balaban J connectivity index is 1.28. The van der Waals surface area contributed by atoms with Crippen molar-refractivity contribution in [1.82, 2.24) is 15.6 Å². The first-order valence-corrected chi connectivity index (χ1v) is 10.5. The molecule has 1 saturated heterocycles. The summed E-state index contributed by atoms with van der Waals surface area (Å²) in [7, 11) is 0. The van der Waals surface area contributed by atoms with Crippen molar-refractivity contribution in [2.24, 2.45) is 5.92 Å². The number of anilines is 1. The average molecular weight is 399 g/mol. The molecule has 4 rings (SSSR count). The van der Waals surface area contributed by atoms with E-state index < -0.39 is 0 Å². The normalized spacial score (nSPS) is 17.5. The van der Waals surface area contributed by atoms with Crippen LogP contribution in [0, 0.1) is 5.92 Å². The number of hydrogen-bond donors (Lipinski definition) is 2. The highest BCUT2D eigenvalue weighted by Crippen LogP contribution is 2.27. The monoisotopic (exact) mass is 398 g/mol. The van der Waals surface area contributed by atoms with Crippen LogP contribution in [0.15, 0.2) is 42.5 Å². The summed E-state index contributed by atoms with van der Waals surface area (Å²) in [5, 5.41) is 7.43. The maximum atomic E-state index is 12.3. The number of carbonyl (C=O) groups excluding carboxylic acids is 1. The highest BCUT2D eigenvalue weighted by Gasteiger charge is 2.23. The summed E-state index contributed by atoms with van der Waals surface area (Å²) in [5.74, 6) is 1.50. The molecule has 2 fully saturated rings. The summed E-state index contributed by atoms with van der Waals surface area (Å²) in [4.78, 5) is 19.2. The van der Waals surface area contributed by atoms with Crippen LogP contribution < -0.4 is 15.5 Å². The molecule has 6 heteroatoms. The quantitative estimate of drug-likeness (QED) is 0.747. The largest absolute Gasteiger partial charge is 0.356 e. The van der Waals surface area contributed by atoms with Crippen LogP contribution in [-0.4, -0.2) is 36.6 Å². The first kappa shape index (κ1) is 19.2. The number of aromatic nitrogens is 1. The summed E-state index contributed by atoms with van der Waals surface area (Å²) in [6, 6.07) is 14.2. The minimum absolute atomic E-state index is 0.0648. The van der Waals surface area contributed by atoms with E-state index in [0.29, 0.717) is 17.7 Å². The number of rotatable bonds is 7. The molecular weight excluding hydrogens is 372 g/mol. The van der Waals surface area contributed by atoms with Crippen LogP contribution in [0.25, 0.3) is 0 Å². The Labute approximate surface area is 171 Å². The van der Waals surface area contributed by atoms with Gasteiger partial charge in [-0.05, 0) is 55.4 Å². The first-order valence-electron chi connectivity index (χ1n) is 10.2. The molecule has 148 valence electrons. The molecule has 28 heavy (non-hydrogen) atoms. The van der Waals surface area contributed by atoms with E-state index in [9.17, 15) is 4.79 Å². The van der Waals surface area contributed by atoms with Gasteiger partial charge < -0.3 is 15.5 Å². The summed E-state index contributed by atoms with van der Waals surface area (Å²) in [6.07, 6.45) is 4.55. The van der Waals surface area contributed by atoms with E-state index in [4.69, 9.17) is 11.6 Å². The van der Waals surface area contributed by atoms with Gasteiger partial charge >= 0.3 is 0 Å². The van der Waals surface area contributed by atoms with E-state index in [1.54, 1.807) is 6.07 Å². The molecule has 1 amide bonds. The van der Waals surface area contributed by atoms with Gasteiger partial charge in [-0.3, -0.25) is 4.79 Å². The molecule has 1 aromatic heterocycles. The van der Waals surface area contributed by atoms with Crippen LogP contribution in [-0.2, 0) is 6.54 Å². The van der Waals surface area contributed by atoms with Crippen molar-refractivity contribution in [2.45, 2.75) is 38.3 Å². The Bertz CT molecular complexity index is 816. The topological polar surface area (TPSA) is 57.3 Å². The van der Waals surface area contributed by atoms with Crippen LogP contribution in [0.4, 0.5) is 5.82 Å². The number of carbonyl (C=O) groups is 1. The maximum Gasteiger partial charge on any atom is 0.269 e. The van der Waals surface area contributed by atoms with Crippen molar-refractivity contribution in [1.29, 1.82) is 0 Å². The van der Waals surface area contributed by atoms with E-state index in [1.165, 1.54) is 12.8 Å². The van der Waals surface area contributed by atoms with Gasteiger partial charge in [0.25, 0.3) is 5.91 Å². The molecule has 1 aliphatic heterocycles. The van der Waals surface area contributed by atoms with E-state index in [0.717, 1.165) is 55.4 Å². The Morgan fingerprint density at radius 1 is 1.07 bits per heavy atom. The molecule has 0 unspecified atom stereocenters. The van der Waals surface area contributed by atoms with E-state index in [2.05, 4.69) is 26.6 Å². The van der Waals surface area contributed by atoms with Crippen molar-refractivity contribution < 1.29 is 4.79 Å². The molecule has 2 heterocycles. The third-order valence-electron chi connectivity index (χ3n) is 5.57. The summed E-state index contributed by atoms with van der Waals surface area (Å²) in [5.41, 5.74) is 1.65. The predicted octanol–water partition coefficient (Wildman–Crippen LogP) is 3.63. The molecule has 0 atom stereocenters. The maximum absolute atomic E-state index is 12.3. The zero-order valence-electron chi connectivity index (χ0n) is 16.0. The number of nitrogens with zero attached hydrogens (tertiary/aromatic N) is 2. The smallest absolute Gasteiger partial charge is 0.269 e. The van der Waals surface area contributed by atoms with E-state index >= 15 is 0 Å². The molecule has 5 nitrogen and oxygen atoms in total. The Morgan fingerprint density at radius 2 is 1.86 bits per heavy atom. The lowest BCUT2D eigenvalue weighted by Crippen LogP contribution is -2.42. The minimum atomic E-state index is -0.0648. The third kappa shape index (κ3) is 5.03. The first-order chi connectivity index (χ1) is 13.7. The zero-order chi connectivity index (χ0) is 19.3. The molecule has 2 N–H and O–H groups in total. The zero-order valence-corrected chi connectivity index (χ0v) is 16.8. The summed E-state index contributed by atoms with van der Waals surface area (Å²) >= 11 is 6.24. The second kappa shape index (κ2) is 8.93. The standard InChI is InChI=1S/C22H27ClN4O/c23-19-5-2-1-4-17(19)15-24-18-10-12-27(13-11-18)21-7-3-6-20(26-21)22(28)25-14-16-8-9-16/h1-7,16,18,24H,8-15H2,(H,25,28). The highest BCUT2D eigenvalue weighted by atomic mass is 35.5. The molecular formula is C22H27ClN4O. The van der Waals surface area contributed by atoms with E-state index in [1.807, 2.05) is 30.3 Å². The number of amides is 1. The number of benzene rings is 1. The van der Waals surface area contributed by atoms with Gasteiger partial charge in [-0.15, -0.1) is 0 Å². The molecule has 1 aromatic carbocycles. The molecule has 2 aliphatic rings. The molecule has 0 bridgehead atoms. The molecule has 2 aromatic rings. The fourth-order valence-corrected chi connectivity index (χ4v) is 3.79. The predicted molar refractivity (Wildman–Crippen MR) is 113 cm³/mol. The Morgan fingerprint density at radius 3 is 2.61 bits per heavy atom. The van der Waals surface area contributed by atoms with Gasteiger partial charge in [0.05, 0.1) is 0 Å². The van der Waals surface area contributed by atoms with Crippen LogP contribution in [0.1, 0.15) is 41.7 Å². The van der Waals surface area contributed by atoms with Crippen molar-refractivity contribution in [3.8, 4) is 0 Å². The fourth-order valence-electron chi connectivity index (χ4n) is 3.58. The van der Waals surface area contributed by atoms with Gasteiger partial charge in [-0.2, -0.15) is 0 Å². The highest BCUT2D eigenvalue weighted by molar-refractivity contribution is 6.31. The fraction of sp³-hybridized carbons (Fsp3) is 0.455. The minimum Gasteiger partial charge on any atom is -0.356 e. The lowest BCUT2D eigenvalue weighted by atomic mass is 10.0. The number of halogens is 1. The Kier molecular flexibility index (Phi) is 6.13. The molecule has 1 saturated carbocycles. The Hall–Kier alpha value is -2.11. The molecule has 0 radical (unpaired) electrons. The van der Waals surface area contributed by atoms with Crippen molar-refractivity contribution >= 4 is 23.3 Å². The lowest BCUT2D eigenvalue weighted by Gasteiger charge is -2.33. The third-order valence-corrected chi connectivity index (χ3v) is 5.94.